The van der Waals surface area contributed by atoms with Crippen molar-refractivity contribution in [1.29, 1.82) is 0 Å². The van der Waals surface area contributed by atoms with E-state index in [1.807, 2.05) is 19.1 Å². The van der Waals surface area contributed by atoms with Crippen LogP contribution in [0.3, 0.4) is 0 Å². The lowest BCUT2D eigenvalue weighted by molar-refractivity contribution is 0.0382. The molecule has 1 N–H and O–H groups in total. The molecule has 0 bridgehead atoms. The number of morpholine rings is 1. The topological polar surface area (TPSA) is 49.8 Å². The van der Waals surface area contributed by atoms with Gasteiger partial charge in [0.15, 0.2) is 0 Å². The molecule has 0 aliphatic carbocycles. The fraction of sp³-hybridized carbons (Fsp3) is 0.500. The number of benzene rings is 1. The molecular weight excluding hydrogens is 230 g/mol. The standard InChI is InChI=1S/C14H19NO3/c1-3-11-9-15(6-7-18-11)13-8-10(2)4-5-12(13)14(16)17/h4-5,8,11H,3,6-7,9H2,1-2H3,(H,16,17). The lowest BCUT2D eigenvalue weighted by atomic mass is 10.1. The summed E-state index contributed by atoms with van der Waals surface area (Å²) in [5, 5.41) is 9.25. The van der Waals surface area contributed by atoms with Crippen molar-refractivity contribution in [2.45, 2.75) is 26.4 Å². The van der Waals surface area contributed by atoms with Crippen LogP contribution in [-0.2, 0) is 4.74 Å². The van der Waals surface area contributed by atoms with Gasteiger partial charge in [0.25, 0.3) is 0 Å². The number of ether oxygens (including phenoxy) is 1. The Hall–Kier alpha value is -1.55. The third-order valence-corrected chi connectivity index (χ3v) is 3.32. The van der Waals surface area contributed by atoms with E-state index in [4.69, 9.17) is 4.74 Å². The Morgan fingerprint density at radius 3 is 3.00 bits per heavy atom. The monoisotopic (exact) mass is 249 g/mol. The van der Waals surface area contributed by atoms with Gasteiger partial charge in [0.2, 0.25) is 0 Å². The number of aryl methyl sites for hydroxylation is 1. The minimum absolute atomic E-state index is 0.195. The minimum Gasteiger partial charge on any atom is -0.478 e. The predicted molar refractivity (Wildman–Crippen MR) is 70.4 cm³/mol. The van der Waals surface area contributed by atoms with E-state index in [2.05, 4.69) is 11.8 Å². The van der Waals surface area contributed by atoms with Crippen LogP contribution < -0.4 is 4.90 Å². The zero-order valence-corrected chi connectivity index (χ0v) is 10.8. The van der Waals surface area contributed by atoms with E-state index >= 15 is 0 Å². The van der Waals surface area contributed by atoms with E-state index in [-0.39, 0.29) is 6.10 Å². The summed E-state index contributed by atoms with van der Waals surface area (Å²) < 4.78 is 5.62. The van der Waals surface area contributed by atoms with E-state index < -0.39 is 5.97 Å². The van der Waals surface area contributed by atoms with Gasteiger partial charge in [0, 0.05) is 13.1 Å². The predicted octanol–water partition coefficient (Wildman–Crippen LogP) is 2.31. The first-order chi connectivity index (χ1) is 8.61. The Morgan fingerprint density at radius 2 is 2.33 bits per heavy atom. The molecule has 1 atom stereocenters. The van der Waals surface area contributed by atoms with E-state index in [0.717, 1.165) is 30.8 Å². The van der Waals surface area contributed by atoms with Crippen molar-refractivity contribution in [2.24, 2.45) is 0 Å². The first-order valence-corrected chi connectivity index (χ1v) is 6.32. The molecule has 0 amide bonds. The van der Waals surface area contributed by atoms with Crippen LogP contribution >= 0.6 is 0 Å². The van der Waals surface area contributed by atoms with E-state index in [1.54, 1.807) is 6.07 Å². The Balaban J connectivity index is 2.31. The van der Waals surface area contributed by atoms with Crippen LogP contribution in [0, 0.1) is 6.92 Å². The summed E-state index contributed by atoms with van der Waals surface area (Å²) in [6.07, 6.45) is 1.14. The maximum absolute atomic E-state index is 11.3. The molecule has 1 aromatic carbocycles. The molecule has 1 aromatic rings. The normalized spacial score (nSPS) is 19.9. The average Bonchev–Trinajstić information content (AvgIpc) is 2.38. The number of carbonyl (C=O) groups is 1. The smallest absolute Gasteiger partial charge is 0.337 e. The number of anilines is 1. The van der Waals surface area contributed by atoms with Crippen LogP contribution in [0.15, 0.2) is 18.2 Å². The molecule has 0 aromatic heterocycles. The van der Waals surface area contributed by atoms with Gasteiger partial charge in [0.1, 0.15) is 0 Å². The second-order valence-electron chi connectivity index (χ2n) is 4.67. The van der Waals surface area contributed by atoms with Crippen molar-refractivity contribution in [3.05, 3.63) is 29.3 Å². The highest BCUT2D eigenvalue weighted by Crippen LogP contribution is 2.25. The van der Waals surface area contributed by atoms with Gasteiger partial charge < -0.3 is 14.7 Å². The molecule has 1 fully saturated rings. The number of carboxylic acids is 1. The van der Waals surface area contributed by atoms with Crippen molar-refractivity contribution in [1.82, 2.24) is 0 Å². The second kappa shape index (κ2) is 5.40. The second-order valence-corrected chi connectivity index (χ2v) is 4.67. The molecule has 4 heteroatoms. The molecule has 98 valence electrons. The van der Waals surface area contributed by atoms with Crippen molar-refractivity contribution in [2.75, 3.05) is 24.6 Å². The molecule has 0 radical (unpaired) electrons. The molecule has 1 aliphatic rings. The number of aromatic carboxylic acids is 1. The molecule has 4 nitrogen and oxygen atoms in total. The summed E-state index contributed by atoms with van der Waals surface area (Å²) in [5.41, 5.74) is 2.26. The highest BCUT2D eigenvalue weighted by Gasteiger charge is 2.22. The molecule has 1 unspecified atom stereocenters. The largest absolute Gasteiger partial charge is 0.478 e. The molecule has 1 heterocycles. The quantitative estimate of drug-likeness (QED) is 0.893. The van der Waals surface area contributed by atoms with Crippen LogP contribution in [0.4, 0.5) is 5.69 Å². The third kappa shape index (κ3) is 2.64. The van der Waals surface area contributed by atoms with Crippen LogP contribution in [-0.4, -0.2) is 36.9 Å². The van der Waals surface area contributed by atoms with Gasteiger partial charge in [-0.05, 0) is 31.0 Å². The van der Waals surface area contributed by atoms with Crippen LogP contribution in [0.5, 0.6) is 0 Å². The lowest BCUT2D eigenvalue weighted by Crippen LogP contribution is -2.42. The molecule has 0 spiro atoms. The van der Waals surface area contributed by atoms with Gasteiger partial charge in [-0.15, -0.1) is 0 Å². The van der Waals surface area contributed by atoms with Crippen molar-refractivity contribution >= 4 is 11.7 Å². The van der Waals surface area contributed by atoms with Gasteiger partial charge in [-0.1, -0.05) is 13.0 Å². The van der Waals surface area contributed by atoms with Crippen LogP contribution in [0.1, 0.15) is 29.3 Å². The number of rotatable bonds is 3. The third-order valence-electron chi connectivity index (χ3n) is 3.32. The first-order valence-electron chi connectivity index (χ1n) is 6.32. The van der Waals surface area contributed by atoms with E-state index in [1.165, 1.54) is 0 Å². The van der Waals surface area contributed by atoms with Crippen LogP contribution in [0.2, 0.25) is 0 Å². The fourth-order valence-corrected chi connectivity index (χ4v) is 2.27. The summed E-state index contributed by atoms with van der Waals surface area (Å²) in [5.74, 6) is -0.871. The summed E-state index contributed by atoms with van der Waals surface area (Å²) >= 11 is 0. The maximum Gasteiger partial charge on any atom is 0.337 e. The molecule has 2 rings (SSSR count). The van der Waals surface area contributed by atoms with Gasteiger partial charge in [-0.25, -0.2) is 4.79 Å². The Morgan fingerprint density at radius 1 is 1.56 bits per heavy atom. The number of hydrogen-bond donors (Lipinski definition) is 1. The molecule has 18 heavy (non-hydrogen) atoms. The summed E-state index contributed by atoms with van der Waals surface area (Å²) in [4.78, 5) is 13.4. The zero-order valence-electron chi connectivity index (χ0n) is 10.8. The van der Waals surface area contributed by atoms with Gasteiger partial charge in [-0.2, -0.15) is 0 Å². The molecular formula is C14H19NO3. The van der Waals surface area contributed by atoms with Gasteiger partial charge in [0.05, 0.1) is 24.0 Å². The number of carboxylic acid groups (broad SMARTS) is 1. The van der Waals surface area contributed by atoms with Gasteiger partial charge in [-0.3, -0.25) is 0 Å². The van der Waals surface area contributed by atoms with Crippen molar-refractivity contribution in [3.8, 4) is 0 Å². The Bertz CT molecular complexity index is 445. The average molecular weight is 249 g/mol. The van der Waals surface area contributed by atoms with Crippen molar-refractivity contribution in [3.63, 3.8) is 0 Å². The minimum atomic E-state index is -0.871. The summed E-state index contributed by atoms with van der Waals surface area (Å²) in [7, 11) is 0. The first kappa shape index (κ1) is 12.9. The van der Waals surface area contributed by atoms with Crippen LogP contribution in [0.25, 0.3) is 0 Å². The SMILES string of the molecule is CCC1CN(c2cc(C)ccc2C(=O)O)CCO1. The van der Waals surface area contributed by atoms with Gasteiger partial charge >= 0.3 is 5.97 Å². The molecule has 0 saturated carbocycles. The molecule has 1 aliphatic heterocycles. The highest BCUT2D eigenvalue weighted by atomic mass is 16.5. The highest BCUT2D eigenvalue weighted by molar-refractivity contribution is 5.94. The number of nitrogens with zero attached hydrogens (tertiary/aromatic N) is 1. The van der Waals surface area contributed by atoms with E-state index in [0.29, 0.717) is 12.2 Å². The lowest BCUT2D eigenvalue weighted by Gasteiger charge is -2.35. The molecule has 1 saturated heterocycles. The Labute approximate surface area is 107 Å². The Kier molecular flexibility index (Phi) is 3.87. The fourth-order valence-electron chi connectivity index (χ4n) is 2.27. The summed E-state index contributed by atoms with van der Waals surface area (Å²) in [6, 6.07) is 5.47. The summed E-state index contributed by atoms with van der Waals surface area (Å²) in [6.45, 7) is 6.24. The maximum atomic E-state index is 11.3. The van der Waals surface area contributed by atoms with Crippen molar-refractivity contribution < 1.29 is 14.6 Å². The zero-order chi connectivity index (χ0) is 13.1. The number of hydrogen-bond acceptors (Lipinski definition) is 3. The van der Waals surface area contributed by atoms with E-state index in [9.17, 15) is 9.90 Å².